The molecule has 0 bridgehead atoms. The molecule has 0 radical (unpaired) electrons. The van der Waals surface area contributed by atoms with Crippen molar-refractivity contribution in [2.24, 2.45) is 11.0 Å². The Bertz CT molecular complexity index is 208. The highest BCUT2D eigenvalue weighted by molar-refractivity contribution is 5.74. The van der Waals surface area contributed by atoms with Gasteiger partial charge in [-0.25, -0.2) is 0 Å². The van der Waals surface area contributed by atoms with Crippen molar-refractivity contribution in [3.63, 3.8) is 0 Å². The molecule has 1 saturated heterocycles. The molecule has 0 saturated carbocycles. The van der Waals surface area contributed by atoms with E-state index in [-0.39, 0.29) is 24.5 Å². The highest BCUT2D eigenvalue weighted by atomic mass is 16.6. The number of cyclic esters (lactones) is 1. The van der Waals surface area contributed by atoms with Crippen LogP contribution in [-0.4, -0.2) is 18.6 Å². The first-order chi connectivity index (χ1) is 5.24. The van der Waals surface area contributed by atoms with Gasteiger partial charge in [-0.05, 0) is 12.0 Å². The molecule has 0 aromatic heterocycles. The van der Waals surface area contributed by atoms with Gasteiger partial charge in [0.1, 0.15) is 6.10 Å². The number of esters is 1. The lowest BCUT2D eigenvalue weighted by atomic mass is 10.1. The average molecular weight is 155 g/mol. The van der Waals surface area contributed by atoms with Crippen LogP contribution >= 0.6 is 0 Å². The van der Waals surface area contributed by atoms with E-state index in [0.717, 1.165) is 0 Å². The first kappa shape index (κ1) is 7.88. The van der Waals surface area contributed by atoms with Crippen LogP contribution in [0.1, 0.15) is 13.3 Å². The number of carbonyl (C=O) groups is 1. The second kappa shape index (κ2) is 3.25. The number of nitrogens with zero attached hydrogens (tertiary/aromatic N) is 3. The third kappa shape index (κ3) is 1.85. The Morgan fingerprint density at radius 3 is 3.09 bits per heavy atom. The predicted molar refractivity (Wildman–Crippen MR) is 37.7 cm³/mol. The van der Waals surface area contributed by atoms with Crippen LogP contribution in [0, 0.1) is 5.92 Å². The van der Waals surface area contributed by atoms with Gasteiger partial charge in [0.2, 0.25) is 0 Å². The lowest BCUT2D eigenvalue weighted by Gasteiger charge is -2.01. The number of hydrogen-bond acceptors (Lipinski definition) is 3. The minimum absolute atomic E-state index is 0.0473. The molecule has 2 unspecified atom stereocenters. The van der Waals surface area contributed by atoms with Crippen molar-refractivity contribution in [2.75, 3.05) is 6.54 Å². The normalized spacial score (nSPS) is 29.4. The van der Waals surface area contributed by atoms with Gasteiger partial charge >= 0.3 is 5.97 Å². The Balaban J connectivity index is 2.40. The van der Waals surface area contributed by atoms with Gasteiger partial charge in [0, 0.05) is 4.91 Å². The highest BCUT2D eigenvalue weighted by Gasteiger charge is 2.29. The van der Waals surface area contributed by atoms with Crippen LogP contribution in [0.15, 0.2) is 5.11 Å². The zero-order valence-electron chi connectivity index (χ0n) is 6.23. The molecular formula is C6H9N3O2. The van der Waals surface area contributed by atoms with Gasteiger partial charge in [-0.2, -0.15) is 0 Å². The number of hydrogen-bond donors (Lipinski definition) is 0. The van der Waals surface area contributed by atoms with Gasteiger partial charge in [-0.3, -0.25) is 4.79 Å². The highest BCUT2D eigenvalue weighted by Crippen LogP contribution is 2.20. The molecule has 0 aliphatic carbocycles. The van der Waals surface area contributed by atoms with Gasteiger partial charge in [-0.15, -0.1) is 0 Å². The van der Waals surface area contributed by atoms with Crippen molar-refractivity contribution < 1.29 is 9.53 Å². The predicted octanol–water partition coefficient (Wildman–Crippen LogP) is 1.25. The average Bonchev–Trinajstić information content (AvgIpc) is 2.28. The Labute approximate surface area is 64.0 Å². The summed E-state index contributed by atoms with van der Waals surface area (Å²) in [5.74, 6) is -0.239. The summed E-state index contributed by atoms with van der Waals surface area (Å²) in [6, 6.07) is 0. The van der Waals surface area contributed by atoms with Crippen molar-refractivity contribution in [3.05, 3.63) is 10.4 Å². The molecule has 60 valence electrons. The lowest BCUT2D eigenvalue weighted by Crippen LogP contribution is -2.09. The van der Waals surface area contributed by atoms with Crippen molar-refractivity contribution in [3.8, 4) is 0 Å². The van der Waals surface area contributed by atoms with Crippen LogP contribution in [0.25, 0.3) is 10.4 Å². The smallest absolute Gasteiger partial charge is 0.309 e. The second-order valence-electron chi connectivity index (χ2n) is 2.61. The summed E-state index contributed by atoms with van der Waals surface area (Å²) in [6.07, 6.45) is 0.464. The number of carbonyl (C=O) groups excluding carboxylic acids is 1. The zero-order valence-corrected chi connectivity index (χ0v) is 6.23. The molecule has 1 aliphatic rings. The Hall–Kier alpha value is -1.22. The summed E-state index contributed by atoms with van der Waals surface area (Å²) < 4.78 is 4.87. The molecule has 0 amide bonds. The quantitative estimate of drug-likeness (QED) is 0.260. The van der Waals surface area contributed by atoms with Crippen molar-refractivity contribution in [1.82, 2.24) is 0 Å². The van der Waals surface area contributed by atoms with Crippen LogP contribution in [-0.2, 0) is 9.53 Å². The standard InChI is InChI=1S/C6H9N3O2/c1-4-2-5(3-8-9-7)11-6(4)10/h4-5H,2-3H2,1H3. The van der Waals surface area contributed by atoms with Crippen LogP contribution in [0.2, 0.25) is 0 Å². The molecular weight excluding hydrogens is 146 g/mol. The first-order valence-electron chi connectivity index (χ1n) is 3.45. The van der Waals surface area contributed by atoms with Crippen LogP contribution in [0.3, 0.4) is 0 Å². The number of ether oxygens (including phenoxy) is 1. The van der Waals surface area contributed by atoms with E-state index in [1.807, 2.05) is 0 Å². The summed E-state index contributed by atoms with van der Waals surface area (Å²) in [6.45, 7) is 2.06. The zero-order chi connectivity index (χ0) is 8.27. The summed E-state index contributed by atoms with van der Waals surface area (Å²) in [4.78, 5) is 13.4. The Morgan fingerprint density at radius 2 is 2.64 bits per heavy atom. The van der Waals surface area contributed by atoms with E-state index in [1.54, 1.807) is 6.92 Å². The molecule has 0 N–H and O–H groups in total. The van der Waals surface area contributed by atoms with Crippen molar-refractivity contribution in [2.45, 2.75) is 19.4 Å². The number of azide groups is 1. The third-order valence-electron chi connectivity index (χ3n) is 1.65. The summed E-state index contributed by atoms with van der Waals surface area (Å²) in [5, 5.41) is 3.33. The topological polar surface area (TPSA) is 75.1 Å². The molecule has 0 aromatic carbocycles. The maximum Gasteiger partial charge on any atom is 0.309 e. The molecule has 0 aromatic rings. The minimum Gasteiger partial charge on any atom is -0.462 e. The number of rotatable bonds is 2. The van der Waals surface area contributed by atoms with E-state index in [9.17, 15) is 4.79 Å². The maximum atomic E-state index is 10.8. The van der Waals surface area contributed by atoms with E-state index >= 15 is 0 Å². The summed E-state index contributed by atoms with van der Waals surface area (Å²) in [7, 11) is 0. The maximum absolute atomic E-state index is 10.8. The van der Waals surface area contributed by atoms with E-state index in [2.05, 4.69) is 10.0 Å². The molecule has 5 nitrogen and oxygen atoms in total. The van der Waals surface area contributed by atoms with E-state index in [1.165, 1.54) is 0 Å². The Morgan fingerprint density at radius 1 is 1.91 bits per heavy atom. The molecule has 11 heavy (non-hydrogen) atoms. The first-order valence-corrected chi connectivity index (χ1v) is 3.45. The summed E-state index contributed by atoms with van der Waals surface area (Å²) >= 11 is 0. The van der Waals surface area contributed by atoms with Gasteiger partial charge in [-0.1, -0.05) is 12.0 Å². The van der Waals surface area contributed by atoms with E-state index in [0.29, 0.717) is 6.42 Å². The largest absolute Gasteiger partial charge is 0.462 e. The minimum atomic E-state index is -0.201. The molecule has 1 heterocycles. The van der Waals surface area contributed by atoms with Gasteiger partial charge < -0.3 is 4.74 Å². The fourth-order valence-corrected chi connectivity index (χ4v) is 1.06. The third-order valence-corrected chi connectivity index (χ3v) is 1.65. The van der Waals surface area contributed by atoms with Gasteiger partial charge in [0.05, 0.1) is 12.5 Å². The van der Waals surface area contributed by atoms with Crippen LogP contribution < -0.4 is 0 Å². The molecule has 0 spiro atoms. The summed E-state index contributed by atoms with van der Waals surface area (Å²) in [5.41, 5.74) is 7.98. The van der Waals surface area contributed by atoms with Crippen LogP contribution in [0.5, 0.6) is 0 Å². The fourth-order valence-electron chi connectivity index (χ4n) is 1.06. The van der Waals surface area contributed by atoms with Crippen molar-refractivity contribution >= 4 is 5.97 Å². The van der Waals surface area contributed by atoms with E-state index < -0.39 is 0 Å². The SMILES string of the molecule is CC1CC(CN=[N+]=[N-])OC1=O. The van der Waals surface area contributed by atoms with E-state index in [4.69, 9.17) is 10.3 Å². The molecule has 2 atom stereocenters. The molecule has 1 aliphatic heterocycles. The van der Waals surface area contributed by atoms with Crippen molar-refractivity contribution in [1.29, 1.82) is 0 Å². The monoisotopic (exact) mass is 155 g/mol. The fraction of sp³-hybridized carbons (Fsp3) is 0.833. The van der Waals surface area contributed by atoms with Crippen LogP contribution in [0.4, 0.5) is 0 Å². The molecule has 1 rings (SSSR count). The second-order valence-corrected chi connectivity index (χ2v) is 2.61. The molecule has 1 fully saturated rings. The molecule has 5 heteroatoms. The lowest BCUT2D eigenvalue weighted by molar-refractivity contribution is -0.143. The van der Waals surface area contributed by atoms with Gasteiger partial charge in [0.15, 0.2) is 0 Å². The van der Waals surface area contributed by atoms with Gasteiger partial charge in [0.25, 0.3) is 0 Å². The Kier molecular flexibility index (Phi) is 2.33.